The fraction of sp³-hybridized carbons (Fsp3) is 0.529. The van der Waals surface area contributed by atoms with Crippen molar-refractivity contribution in [3.05, 3.63) is 23.8 Å². The van der Waals surface area contributed by atoms with Crippen molar-refractivity contribution in [1.82, 2.24) is 5.32 Å². The van der Waals surface area contributed by atoms with E-state index in [-0.39, 0.29) is 12.3 Å². The smallest absolute Gasteiger partial charge is 0.326 e. The van der Waals surface area contributed by atoms with Crippen LogP contribution in [0.4, 0.5) is 0 Å². The van der Waals surface area contributed by atoms with Crippen LogP contribution in [-0.4, -0.2) is 36.7 Å². The molecule has 0 spiro atoms. The van der Waals surface area contributed by atoms with Crippen molar-refractivity contribution in [2.24, 2.45) is 0 Å². The third kappa shape index (κ3) is 6.18. The third-order valence-electron chi connectivity index (χ3n) is 3.37. The number of amides is 1. The summed E-state index contributed by atoms with van der Waals surface area (Å²) in [7, 11) is 1.54. The van der Waals surface area contributed by atoms with Crippen LogP contribution < -0.4 is 14.8 Å². The molecule has 1 aromatic rings. The van der Waals surface area contributed by atoms with Crippen molar-refractivity contribution in [3.8, 4) is 11.5 Å². The molecule has 2 N–H and O–H groups in total. The molecule has 0 saturated carbocycles. The van der Waals surface area contributed by atoms with Gasteiger partial charge in [-0.2, -0.15) is 0 Å². The van der Waals surface area contributed by atoms with Crippen LogP contribution in [0.3, 0.4) is 0 Å². The molecule has 0 aliphatic rings. The minimum atomic E-state index is -1.08. The molecule has 1 unspecified atom stereocenters. The maximum absolute atomic E-state index is 11.3. The van der Waals surface area contributed by atoms with Crippen LogP contribution in [0.25, 0.3) is 0 Å². The van der Waals surface area contributed by atoms with Crippen LogP contribution in [0.2, 0.25) is 0 Å². The molecule has 1 rings (SSSR count). The van der Waals surface area contributed by atoms with E-state index in [1.807, 2.05) is 0 Å². The van der Waals surface area contributed by atoms with Gasteiger partial charge < -0.3 is 19.9 Å². The average Bonchev–Trinajstić information content (AvgIpc) is 2.51. The van der Waals surface area contributed by atoms with E-state index in [0.29, 0.717) is 23.7 Å². The highest BCUT2D eigenvalue weighted by atomic mass is 16.5. The van der Waals surface area contributed by atoms with Crippen LogP contribution >= 0.6 is 0 Å². The summed E-state index contributed by atoms with van der Waals surface area (Å²) in [5, 5.41) is 11.7. The standard InChI is InChI=1S/C17H25NO5/c1-4-5-6-10-23-16-13(8-7-9-15(16)22-3)11-14(17(20)21)18-12(2)19/h7-9,14H,4-6,10-11H2,1-3H3,(H,18,19)(H,20,21). The average molecular weight is 323 g/mol. The zero-order valence-electron chi connectivity index (χ0n) is 13.9. The largest absolute Gasteiger partial charge is 0.493 e. The predicted molar refractivity (Wildman–Crippen MR) is 87.0 cm³/mol. The van der Waals surface area contributed by atoms with E-state index in [2.05, 4.69) is 12.2 Å². The second kappa shape index (κ2) is 9.71. The Bertz CT molecular complexity index is 530. The lowest BCUT2D eigenvalue weighted by Crippen LogP contribution is -2.41. The number of nitrogens with one attached hydrogen (secondary N) is 1. The molecular formula is C17H25NO5. The monoisotopic (exact) mass is 323 g/mol. The first-order valence-electron chi connectivity index (χ1n) is 7.78. The topological polar surface area (TPSA) is 84.9 Å². The van der Waals surface area contributed by atoms with E-state index in [1.165, 1.54) is 6.92 Å². The van der Waals surface area contributed by atoms with Gasteiger partial charge in [0.15, 0.2) is 11.5 Å². The highest BCUT2D eigenvalue weighted by Crippen LogP contribution is 2.32. The Morgan fingerprint density at radius 3 is 2.61 bits per heavy atom. The number of carboxylic acids is 1. The molecule has 0 saturated heterocycles. The Hall–Kier alpha value is -2.24. The number of unbranched alkanes of at least 4 members (excludes halogenated alkanes) is 2. The van der Waals surface area contributed by atoms with Crippen molar-refractivity contribution in [2.45, 2.75) is 45.6 Å². The first-order chi connectivity index (χ1) is 11.0. The molecule has 0 fully saturated rings. The van der Waals surface area contributed by atoms with E-state index in [0.717, 1.165) is 19.3 Å². The Morgan fingerprint density at radius 1 is 1.30 bits per heavy atom. The summed E-state index contributed by atoms with van der Waals surface area (Å²) in [5.74, 6) is -0.362. The molecule has 0 bridgehead atoms. The minimum Gasteiger partial charge on any atom is -0.493 e. The van der Waals surface area contributed by atoms with Gasteiger partial charge in [-0.05, 0) is 12.5 Å². The van der Waals surface area contributed by atoms with Gasteiger partial charge in [0.2, 0.25) is 5.91 Å². The molecule has 0 radical (unpaired) electrons. The van der Waals surface area contributed by atoms with Gasteiger partial charge in [0.1, 0.15) is 6.04 Å². The van der Waals surface area contributed by atoms with Crippen molar-refractivity contribution in [3.63, 3.8) is 0 Å². The van der Waals surface area contributed by atoms with Gasteiger partial charge in [0, 0.05) is 18.9 Å². The summed E-state index contributed by atoms with van der Waals surface area (Å²) in [6.07, 6.45) is 3.21. The third-order valence-corrected chi connectivity index (χ3v) is 3.37. The lowest BCUT2D eigenvalue weighted by Gasteiger charge is -2.18. The summed E-state index contributed by atoms with van der Waals surface area (Å²) in [4.78, 5) is 22.5. The number of para-hydroxylation sites is 1. The highest BCUT2D eigenvalue weighted by Gasteiger charge is 2.22. The number of carboxylic acid groups (broad SMARTS) is 1. The number of hydrogen-bond acceptors (Lipinski definition) is 4. The summed E-state index contributed by atoms with van der Waals surface area (Å²) < 4.78 is 11.1. The van der Waals surface area contributed by atoms with Gasteiger partial charge in [-0.15, -0.1) is 0 Å². The second-order valence-electron chi connectivity index (χ2n) is 5.30. The fourth-order valence-corrected chi connectivity index (χ4v) is 2.24. The molecule has 6 nitrogen and oxygen atoms in total. The van der Waals surface area contributed by atoms with E-state index in [1.54, 1.807) is 25.3 Å². The van der Waals surface area contributed by atoms with Crippen molar-refractivity contribution >= 4 is 11.9 Å². The second-order valence-corrected chi connectivity index (χ2v) is 5.30. The number of carbonyl (C=O) groups excluding carboxylic acids is 1. The van der Waals surface area contributed by atoms with Gasteiger partial charge in [0.05, 0.1) is 13.7 Å². The van der Waals surface area contributed by atoms with Gasteiger partial charge in [-0.1, -0.05) is 31.9 Å². The molecule has 6 heteroatoms. The number of benzene rings is 1. The lowest BCUT2D eigenvalue weighted by atomic mass is 10.0. The fourth-order valence-electron chi connectivity index (χ4n) is 2.24. The molecule has 1 amide bonds. The molecule has 0 aromatic heterocycles. The van der Waals surface area contributed by atoms with E-state index in [9.17, 15) is 14.7 Å². The van der Waals surface area contributed by atoms with E-state index >= 15 is 0 Å². The Labute approximate surface area is 136 Å². The lowest BCUT2D eigenvalue weighted by molar-refractivity contribution is -0.141. The summed E-state index contributed by atoms with van der Waals surface area (Å²) in [6.45, 7) is 3.95. The Morgan fingerprint density at radius 2 is 2.04 bits per heavy atom. The SMILES string of the molecule is CCCCCOc1c(CC(NC(C)=O)C(=O)O)cccc1OC. The normalized spacial score (nSPS) is 11.6. The first kappa shape index (κ1) is 18.8. The summed E-state index contributed by atoms with van der Waals surface area (Å²) >= 11 is 0. The van der Waals surface area contributed by atoms with Crippen LogP contribution in [0, 0.1) is 0 Å². The highest BCUT2D eigenvalue weighted by molar-refractivity contribution is 5.82. The molecule has 1 atom stereocenters. The van der Waals surface area contributed by atoms with Crippen LogP contribution in [0.1, 0.15) is 38.7 Å². The van der Waals surface area contributed by atoms with Crippen LogP contribution in [0.15, 0.2) is 18.2 Å². The first-order valence-corrected chi connectivity index (χ1v) is 7.78. The Kier molecular flexibility index (Phi) is 7.94. The summed E-state index contributed by atoms with van der Waals surface area (Å²) in [5.41, 5.74) is 0.696. The van der Waals surface area contributed by atoms with Crippen LogP contribution in [-0.2, 0) is 16.0 Å². The van der Waals surface area contributed by atoms with Gasteiger partial charge >= 0.3 is 5.97 Å². The quantitative estimate of drug-likeness (QED) is 0.646. The molecule has 0 aliphatic carbocycles. The molecule has 1 aromatic carbocycles. The number of hydrogen-bond donors (Lipinski definition) is 2. The van der Waals surface area contributed by atoms with E-state index in [4.69, 9.17) is 9.47 Å². The number of rotatable bonds is 10. The van der Waals surface area contributed by atoms with Gasteiger partial charge in [-0.3, -0.25) is 4.79 Å². The Balaban J connectivity index is 2.94. The van der Waals surface area contributed by atoms with E-state index < -0.39 is 12.0 Å². The number of carbonyl (C=O) groups is 2. The van der Waals surface area contributed by atoms with Gasteiger partial charge in [-0.25, -0.2) is 4.79 Å². The van der Waals surface area contributed by atoms with Crippen molar-refractivity contribution in [1.29, 1.82) is 0 Å². The molecular weight excluding hydrogens is 298 g/mol. The summed E-state index contributed by atoms with van der Waals surface area (Å²) in [6, 6.07) is 4.33. The molecule has 0 heterocycles. The van der Waals surface area contributed by atoms with Crippen molar-refractivity contribution in [2.75, 3.05) is 13.7 Å². The zero-order valence-corrected chi connectivity index (χ0v) is 13.9. The molecule has 0 aliphatic heterocycles. The molecule has 128 valence electrons. The number of ether oxygens (including phenoxy) is 2. The maximum Gasteiger partial charge on any atom is 0.326 e. The van der Waals surface area contributed by atoms with Gasteiger partial charge in [0.25, 0.3) is 0 Å². The number of aliphatic carboxylic acids is 1. The van der Waals surface area contributed by atoms with Crippen LogP contribution in [0.5, 0.6) is 11.5 Å². The number of methoxy groups -OCH3 is 1. The zero-order chi connectivity index (χ0) is 17.2. The molecule has 23 heavy (non-hydrogen) atoms. The minimum absolute atomic E-state index is 0.134. The maximum atomic E-state index is 11.3. The predicted octanol–water partition coefficient (Wildman–Crippen LogP) is 2.40. The van der Waals surface area contributed by atoms with Crippen molar-refractivity contribution < 1.29 is 24.2 Å².